The predicted molar refractivity (Wildman–Crippen MR) is 81.9 cm³/mol. The van der Waals surface area contributed by atoms with E-state index < -0.39 is 40.6 Å². The van der Waals surface area contributed by atoms with Gasteiger partial charge in [-0.1, -0.05) is 19.3 Å². The molecule has 1 aliphatic carbocycles. The number of nitrogens with zero attached hydrogens (tertiary/aromatic N) is 1. The summed E-state index contributed by atoms with van der Waals surface area (Å²) in [7, 11) is 0. The molecule has 0 radical (unpaired) electrons. The molecule has 2 atom stereocenters. The fourth-order valence-corrected chi connectivity index (χ4v) is 4.26. The quantitative estimate of drug-likeness (QED) is 0.900. The van der Waals surface area contributed by atoms with E-state index in [0.717, 1.165) is 23.5 Å². The number of primary amides is 1. The molecule has 2 fully saturated rings. The van der Waals surface area contributed by atoms with Crippen molar-refractivity contribution in [2.45, 2.75) is 50.7 Å². The van der Waals surface area contributed by atoms with Crippen molar-refractivity contribution < 1.29 is 22.8 Å². The van der Waals surface area contributed by atoms with Crippen LogP contribution >= 0.6 is 0 Å². The molecule has 1 saturated carbocycles. The summed E-state index contributed by atoms with van der Waals surface area (Å²) in [6.07, 6.45) is 2.76. The first-order valence-electron chi connectivity index (χ1n) is 7.99. The number of hydrogen-bond donors (Lipinski definition) is 1. The number of nitrogens with two attached hydrogens (primary N) is 1. The minimum Gasteiger partial charge on any atom is -0.368 e. The Labute approximate surface area is 137 Å². The van der Waals surface area contributed by atoms with Crippen LogP contribution in [0.5, 0.6) is 0 Å². The first kappa shape index (κ1) is 16.8. The van der Waals surface area contributed by atoms with Gasteiger partial charge in [0.1, 0.15) is 17.7 Å². The zero-order chi connectivity index (χ0) is 17.7. The van der Waals surface area contributed by atoms with E-state index in [1.165, 1.54) is 6.92 Å². The topological polar surface area (TPSA) is 63.4 Å². The molecular weight excluding hydrogens is 321 g/mol. The summed E-state index contributed by atoms with van der Waals surface area (Å²) in [5, 5.41) is 0. The Morgan fingerprint density at radius 3 is 2.21 bits per heavy atom. The Morgan fingerprint density at radius 1 is 1.17 bits per heavy atom. The van der Waals surface area contributed by atoms with Crippen LogP contribution in [-0.4, -0.2) is 23.5 Å². The van der Waals surface area contributed by atoms with Gasteiger partial charge in [-0.15, -0.1) is 0 Å². The standard InChI is InChI=1S/C17H19F3N2O2/c1-16(20)13(14(21)23)22(12-8-10(18)7-11(19)9-12)15(24)17(16)5-3-2-4-6-17/h7-9,13H,2-6H2,1H3,(H2,21,23). The molecule has 1 aromatic rings. The third kappa shape index (κ3) is 2.21. The number of halogens is 3. The normalized spacial score (nSPS) is 29.2. The summed E-state index contributed by atoms with van der Waals surface area (Å²) < 4.78 is 42.9. The maximum atomic E-state index is 15.7. The highest BCUT2D eigenvalue weighted by Crippen LogP contribution is 2.56. The van der Waals surface area contributed by atoms with Gasteiger partial charge in [0.25, 0.3) is 0 Å². The minimum absolute atomic E-state index is 0.187. The number of alkyl halides is 1. The summed E-state index contributed by atoms with van der Waals surface area (Å²) in [4.78, 5) is 25.9. The molecule has 1 saturated heterocycles. The number of carbonyl (C=O) groups is 2. The van der Waals surface area contributed by atoms with E-state index in [0.29, 0.717) is 18.9 Å². The maximum Gasteiger partial charge on any atom is 0.243 e. The van der Waals surface area contributed by atoms with Crippen LogP contribution in [0.15, 0.2) is 18.2 Å². The second-order valence-corrected chi connectivity index (χ2v) is 6.83. The lowest BCUT2D eigenvalue weighted by molar-refractivity contribution is -0.134. The van der Waals surface area contributed by atoms with Crippen molar-refractivity contribution in [1.82, 2.24) is 0 Å². The van der Waals surface area contributed by atoms with E-state index in [4.69, 9.17) is 5.73 Å². The fourth-order valence-electron chi connectivity index (χ4n) is 4.26. The average Bonchev–Trinajstić information content (AvgIpc) is 2.65. The van der Waals surface area contributed by atoms with Gasteiger partial charge in [-0.3, -0.25) is 14.5 Å². The van der Waals surface area contributed by atoms with E-state index in [-0.39, 0.29) is 18.5 Å². The second kappa shape index (κ2) is 5.50. The van der Waals surface area contributed by atoms with Crippen molar-refractivity contribution >= 4 is 17.5 Å². The Kier molecular flexibility index (Phi) is 3.85. The molecule has 2 aliphatic rings. The van der Waals surface area contributed by atoms with Gasteiger partial charge in [-0.2, -0.15) is 0 Å². The molecule has 130 valence electrons. The van der Waals surface area contributed by atoms with Crippen molar-refractivity contribution in [2.75, 3.05) is 4.90 Å². The summed E-state index contributed by atoms with van der Waals surface area (Å²) in [5.41, 5.74) is 1.59. The van der Waals surface area contributed by atoms with Crippen molar-refractivity contribution in [3.05, 3.63) is 29.8 Å². The minimum atomic E-state index is -2.21. The number of benzene rings is 1. The summed E-state index contributed by atoms with van der Waals surface area (Å²) in [5.74, 6) is -3.47. The number of hydrogen-bond acceptors (Lipinski definition) is 2. The lowest BCUT2D eigenvalue weighted by atomic mass is 9.64. The number of rotatable bonds is 2. The smallest absolute Gasteiger partial charge is 0.243 e. The number of carbonyl (C=O) groups excluding carboxylic acids is 2. The fraction of sp³-hybridized carbons (Fsp3) is 0.529. The second-order valence-electron chi connectivity index (χ2n) is 6.83. The Morgan fingerprint density at radius 2 is 1.71 bits per heavy atom. The van der Waals surface area contributed by atoms with Crippen LogP contribution in [0.3, 0.4) is 0 Å². The summed E-state index contributed by atoms with van der Waals surface area (Å²) in [6.45, 7) is 1.20. The largest absolute Gasteiger partial charge is 0.368 e. The highest BCUT2D eigenvalue weighted by atomic mass is 19.1. The average molecular weight is 340 g/mol. The van der Waals surface area contributed by atoms with Gasteiger partial charge in [0.2, 0.25) is 11.8 Å². The molecule has 0 bridgehead atoms. The van der Waals surface area contributed by atoms with Crippen LogP contribution in [0.1, 0.15) is 39.0 Å². The van der Waals surface area contributed by atoms with Crippen LogP contribution in [-0.2, 0) is 9.59 Å². The van der Waals surface area contributed by atoms with E-state index in [1.54, 1.807) is 0 Å². The SMILES string of the molecule is CC1(F)C(C(N)=O)N(c2cc(F)cc(F)c2)C(=O)C12CCCCC2. The summed E-state index contributed by atoms with van der Waals surface area (Å²) >= 11 is 0. The van der Waals surface area contributed by atoms with Crippen molar-refractivity contribution in [3.63, 3.8) is 0 Å². The highest BCUT2D eigenvalue weighted by Gasteiger charge is 2.69. The molecule has 1 heterocycles. The van der Waals surface area contributed by atoms with Crippen LogP contribution in [0.25, 0.3) is 0 Å². The van der Waals surface area contributed by atoms with Gasteiger partial charge in [-0.25, -0.2) is 13.2 Å². The molecule has 7 heteroatoms. The van der Waals surface area contributed by atoms with Gasteiger partial charge in [0.05, 0.1) is 11.1 Å². The van der Waals surface area contributed by atoms with Gasteiger partial charge < -0.3 is 5.73 Å². The van der Waals surface area contributed by atoms with Crippen LogP contribution in [0.4, 0.5) is 18.9 Å². The van der Waals surface area contributed by atoms with Gasteiger partial charge in [0.15, 0.2) is 5.67 Å². The molecule has 4 nitrogen and oxygen atoms in total. The first-order valence-corrected chi connectivity index (χ1v) is 7.99. The Bertz CT molecular complexity index is 679. The molecular formula is C17H19F3N2O2. The Hall–Kier alpha value is -2.05. The third-order valence-corrected chi connectivity index (χ3v) is 5.44. The van der Waals surface area contributed by atoms with Crippen LogP contribution < -0.4 is 10.6 Å². The van der Waals surface area contributed by atoms with Gasteiger partial charge in [-0.05, 0) is 31.9 Å². The molecule has 1 aromatic carbocycles. The van der Waals surface area contributed by atoms with Crippen molar-refractivity contribution in [1.29, 1.82) is 0 Å². The zero-order valence-electron chi connectivity index (χ0n) is 13.3. The number of anilines is 1. The summed E-state index contributed by atoms with van der Waals surface area (Å²) in [6, 6.07) is 0.877. The van der Waals surface area contributed by atoms with Gasteiger partial charge >= 0.3 is 0 Å². The van der Waals surface area contributed by atoms with Gasteiger partial charge in [0, 0.05) is 6.07 Å². The molecule has 2 unspecified atom stereocenters. The van der Waals surface area contributed by atoms with E-state index in [2.05, 4.69) is 0 Å². The Balaban J connectivity index is 2.17. The number of amides is 2. The molecule has 0 aromatic heterocycles. The van der Waals surface area contributed by atoms with Crippen LogP contribution in [0.2, 0.25) is 0 Å². The van der Waals surface area contributed by atoms with E-state index >= 15 is 4.39 Å². The molecule has 1 aliphatic heterocycles. The monoisotopic (exact) mass is 340 g/mol. The first-order chi connectivity index (χ1) is 11.2. The molecule has 3 rings (SSSR count). The van der Waals surface area contributed by atoms with E-state index in [1.807, 2.05) is 0 Å². The predicted octanol–water partition coefficient (Wildman–Crippen LogP) is 2.84. The maximum absolute atomic E-state index is 15.7. The molecule has 1 spiro atoms. The van der Waals surface area contributed by atoms with Crippen LogP contribution in [0, 0.1) is 17.0 Å². The molecule has 24 heavy (non-hydrogen) atoms. The third-order valence-electron chi connectivity index (χ3n) is 5.44. The zero-order valence-corrected chi connectivity index (χ0v) is 13.3. The lowest BCUT2D eigenvalue weighted by Crippen LogP contribution is -2.53. The van der Waals surface area contributed by atoms with Crippen molar-refractivity contribution in [2.24, 2.45) is 11.1 Å². The molecule has 2 N–H and O–H groups in total. The lowest BCUT2D eigenvalue weighted by Gasteiger charge is -2.39. The highest BCUT2D eigenvalue weighted by molar-refractivity contribution is 6.09. The van der Waals surface area contributed by atoms with E-state index in [9.17, 15) is 18.4 Å². The van der Waals surface area contributed by atoms with Crippen molar-refractivity contribution in [3.8, 4) is 0 Å². The molecule has 2 amide bonds.